The van der Waals surface area contributed by atoms with Crippen molar-refractivity contribution in [1.29, 1.82) is 0 Å². The number of rotatable bonds is 8. The number of benzene rings is 1. The summed E-state index contributed by atoms with van der Waals surface area (Å²) in [6.07, 6.45) is 13.2. The Kier molecular flexibility index (Phi) is 8.10. The first-order valence-corrected chi connectivity index (χ1v) is 17.5. The molecule has 0 aliphatic heterocycles. The molecule has 1 aromatic carbocycles. The lowest BCUT2D eigenvalue weighted by Crippen LogP contribution is -2.58. The Labute approximate surface area is 227 Å². The van der Waals surface area contributed by atoms with Crippen LogP contribution in [-0.2, 0) is 20.2 Å². The highest BCUT2D eigenvalue weighted by atomic mass is 31.2. The summed E-state index contributed by atoms with van der Waals surface area (Å²) in [4.78, 5) is 0. The molecule has 4 fully saturated rings. The van der Waals surface area contributed by atoms with E-state index in [0.29, 0.717) is 41.1 Å². The first-order chi connectivity index (χ1) is 17.6. The molecule has 0 bridgehead atoms. The van der Waals surface area contributed by atoms with E-state index in [4.69, 9.17) is 9.05 Å². The van der Waals surface area contributed by atoms with Gasteiger partial charge in [0, 0.05) is 6.66 Å². The van der Waals surface area contributed by atoms with Gasteiger partial charge in [-0.2, -0.15) is 0 Å². The summed E-state index contributed by atoms with van der Waals surface area (Å²) in [7, 11) is -3.18. The maximum atomic E-state index is 13.8. The van der Waals surface area contributed by atoms with Gasteiger partial charge in [0.2, 0.25) is 0 Å². The highest BCUT2D eigenvalue weighted by Crippen LogP contribution is 2.70. The fraction of sp³-hybridized carbons (Fsp3) is 0.818. The van der Waals surface area contributed by atoms with E-state index in [1.807, 2.05) is 30.3 Å². The third-order valence-corrected chi connectivity index (χ3v) is 13.3. The average molecular weight is 529 g/mol. The van der Waals surface area contributed by atoms with Gasteiger partial charge in [-0.1, -0.05) is 84.2 Å². The quantitative estimate of drug-likeness (QED) is 0.315. The summed E-state index contributed by atoms with van der Waals surface area (Å²) >= 11 is 0. The molecule has 0 saturated heterocycles. The molecule has 0 amide bonds. The molecule has 4 aliphatic carbocycles. The van der Waals surface area contributed by atoms with Crippen molar-refractivity contribution in [2.75, 3.05) is 6.66 Å². The van der Waals surface area contributed by atoms with Crippen LogP contribution in [0.2, 0.25) is 0 Å². The molecule has 4 aliphatic rings. The van der Waals surface area contributed by atoms with E-state index < -0.39 is 7.60 Å². The van der Waals surface area contributed by atoms with Crippen LogP contribution in [0.1, 0.15) is 104 Å². The maximum absolute atomic E-state index is 13.8. The molecular weight excluding hydrogens is 475 g/mol. The second-order valence-electron chi connectivity index (χ2n) is 14.3. The monoisotopic (exact) mass is 528 g/mol. The minimum atomic E-state index is -3.18. The first kappa shape index (κ1) is 27.9. The molecule has 208 valence electrons. The lowest BCUT2D eigenvalue weighted by atomic mass is 9.43. The van der Waals surface area contributed by atoms with Crippen LogP contribution in [0.5, 0.6) is 0 Å². The number of hydrogen-bond acceptors (Lipinski definition) is 3. The van der Waals surface area contributed by atoms with E-state index in [1.165, 1.54) is 57.8 Å². The zero-order chi connectivity index (χ0) is 26.4. The van der Waals surface area contributed by atoms with Gasteiger partial charge in [0.15, 0.2) is 0 Å². The van der Waals surface area contributed by atoms with Crippen LogP contribution in [0.25, 0.3) is 0 Å². The molecule has 4 heteroatoms. The third-order valence-electron chi connectivity index (χ3n) is 12.1. The van der Waals surface area contributed by atoms with Gasteiger partial charge in [-0.3, -0.25) is 4.57 Å². The molecule has 0 heterocycles. The fourth-order valence-electron chi connectivity index (χ4n) is 10.2. The fourth-order valence-corrected chi connectivity index (χ4v) is 11.4. The Hall–Kier alpha value is -0.630. The SMILES string of the molecule is CCC[C@@H](C)[C@H]1CC[C@H]2[C@@H]3[C@H](OP(C)(=O)OCc4ccccc4)C[C@@H]4C[C@H](C)CC[C@]4(C)[C@H]3CC[C@]12C. The summed E-state index contributed by atoms with van der Waals surface area (Å²) in [5, 5.41) is 0. The zero-order valence-corrected chi connectivity index (χ0v) is 25.4. The van der Waals surface area contributed by atoms with Crippen molar-refractivity contribution >= 4 is 7.60 Å². The van der Waals surface area contributed by atoms with Crippen LogP contribution >= 0.6 is 7.60 Å². The molecular formula is C33H53O3P. The van der Waals surface area contributed by atoms with Gasteiger partial charge in [-0.15, -0.1) is 0 Å². The topological polar surface area (TPSA) is 35.5 Å². The normalized spacial score (nSPS) is 43.8. The second-order valence-corrected chi connectivity index (χ2v) is 16.3. The molecule has 1 aromatic rings. The van der Waals surface area contributed by atoms with Gasteiger partial charge < -0.3 is 9.05 Å². The number of fused-ring (bicyclic) bond motifs is 5. The third kappa shape index (κ3) is 5.28. The summed E-state index contributed by atoms with van der Waals surface area (Å²) in [5.41, 5.74) is 1.86. The van der Waals surface area contributed by atoms with Crippen molar-refractivity contribution in [3.05, 3.63) is 35.9 Å². The molecule has 3 nitrogen and oxygen atoms in total. The molecule has 0 radical (unpaired) electrons. The van der Waals surface area contributed by atoms with Crippen LogP contribution in [0.3, 0.4) is 0 Å². The molecule has 1 unspecified atom stereocenters. The van der Waals surface area contributed by atoms with Crippen molar-refractivity contribution in [2.24, 2.45) is 52.3 Å². The van der Waals surface area contributed by atoms with Crippen LogP contribution < -0.4 is 0 Å². The lowest BCUT2D eigenvalue weighted by Gasteiger charge is -2.63. The summed E-state index contributed by atoms with van der Waals surface area (Å²) in [6.45, 7) is 14.6. The Morgan fingerprint density at radius 2 is 1.70 bits per heavy atom. The van der Waals surface area contributed by atoms with Crippen molar-refractivity contribution in [2.45, 2.75) is 112 Å². The van der Waals surface area contributed by atoms with Gasteiger partial charge in [-0.25, -0.2) is 0 Å². The Morgan fingerprint density at radius 3 is 2.43 bits per heavy atom. The smallest absolute Gasteiger partial charge is 0.305 e. The first-order valence-electron chi connectivity index (χ1n) is 15.5. The van der Waals surface area contributed by atoms with Gasteiger partial charge in [0.1, 0.15) is 0 Å². The van der Waals surface area contributed by atoms with E-state index in [2.05, 4.69) is 34.6 Å². The minimum absolute atomic E-state index is 0.0600. The van der Waals surface area contributed by atoms with E-state index in [-0.39, 0.29) is 6.10 Å². The molecule has 37 heavy (non-hydrogen) atoms. The Balaban J connectivity index is 1.42. The predicted octanol–water partition coefficient (Wildman–Crippen LogP) is 9.75. The molecule has 4 saturated carbocycles. The van der Waals surface area contributed by atoms with E-state index in [1.54, 1.807) is 6.66 Å². The van der Waals surface area contributed by atoms with Crippen molar-refractivity contribution in [3.8, 4) is 0 Å². The van der Waals surface area contributed by atoms with Gasteiger partial charge >= 0.3 is 7.60 Å². The van der Waals surface area contributed by atoms with Crippen LogP contribution in [0.4, 0.5) is 0 Å². The number of hydrogen-bond donors (Lipinski definition) is 0. The van der Waals surface area contributed by atoms with Gasteiger partial charge in [-0.05, 0) is 103 Å². The van der Waals surface area contributed by atoms with E-state index in [0.717, 1.165) is 29.7 Å². The highest BCUT2D eigenvalue weighted by Gasteiger charge is 2.63. The van der Waals surface area contributed by atoms with Crippen LogP contribution in [0, 0.1) is 52.3 Å². The van der Waals surface area contributed by atoms with E-state index in [9.17, 15) is 4.57 Å². The summed E-state index contributed by atoms with van der Waals surface area (Å²) in [5.74, 6) is 4.97. The van der Waals surface area contributed by atoms with Crippen LogP contribution in [0.15, 0.2) is 30.3 Å². The summed E-state index contributed by atoms with van der Waals surface area (Å²) < 4.78 is 26.6. The molecule has 5 rings (SSSR count). The average Bonchev–Trinajstić information content (AvgIpc) is 3.22. The standard InChI is InChI=1S/C33H53O3P/c1-7-11-24(3)27-14-15-28-31-29(17-19-33(27,28)5)32(4)18-16-23(2)20-26(32)21-30(31)36-37(6,34)35-22-25-12-9-8-10-13-25/h8-10,12-13,23-24,26-31H,7,11,14-22H2,1-6H3/t23-,24-,26+,27-,28+,29+,30-,31+,32+,33-,37?/m1/s1. The second kappa shape index (κ2) is 10.7. The molecule has 11 atom stereocenters. The summed E-state index contributed by atoms with van der Waals surface area (Å²) in [6, 6.07) is 10.1. The molecule has 0 spiro atoms. The Bertz CT molecular complexity index is 964. The molecule has 0 N–H and O–H groups in total. The van der Waals surface area contributed by atoms with Crippen molar-refractivity contribution in [1.82, 2.24) is 0 Å². The minimum Gasteiger partial charge on any atom is -0.305 e. The van der Waals surface area contributed by atoms with Crippen molar-refractivity contribution < 1.29 is 13.6 Å². The molecule has 0 aromatic heterocycles. The highest BCUT2D eigenvalue weighted by molar-refractivity contribution is 7.52. The Morgan fingerprint density at radius 1 is 1.00 bits per heavy atom. The van der Waals surface area contributed by atoms with Gasteiger partial charge in [0.25, 0.3) is 0 Å². The van der Waals surface area contributed by atoms with Crippen LogP contribution in [-0.4, -0.2) is 12.8 Å². The van der Waals surface area contributed by atoms with E-state index >= 15 is 0 Å². The largest absolute Gasteiger partial charge is 0.328 e. The van der Waals surface area contributed by atoms with Crippen molar-refractivity contribution in [3.63, 3.8) is 0 Å². The predicted molar refractivity (Wildman–Crippen MR) is 153 cm³/mol. The maximum Gasteiger partial charge on any atom is 0.328 e. The lowest BCUT2D eigenvalue weighted by molar-refractivity contribution is -0.163. The zero-order valence-electron chi connectivity index (χ0n) is 24.5. The van der Waals surface area contributed by atoms with Gasteiger partial charge in [0.05, 0.1) is 12.7 Å².